The highest BCUT2D eigenvalue weighted by Gasteiger charge is 2.28. The molecule has 0 bridgehead atoms. The molecule has 5 heteroatoms. The first-order chi connectivity index (χ1) is 11.9. The van der Waals surface area contributed by atoms with Crippen molar-refractivity contribution in [2.45, 2.75) is 41.5 Å². The molecule has 0 aromatic carbocycles. The summed E-state index contributed by atoms with van der Waals surface area (Å²) in [5.41, 5.74) is 5.91. The van der Waals surface area contributed by atoms with Crippen LogP contribution in [0.2, 0.25) is 0 Å². The molecule has 1 rings (SSSR count). The van der Waals surface area contributed by atoms with Gasteiger partial charge in [0.25, 0.3) is 0 Å². The summed E-state index contributed by atoms with van der Waals surface area (Å²) in [6.07, 6.45) is 7.07. The highest BCUT2D eigenvalue weighted by Crippen LogP contribution is 2.38. The summed E-state index contributed by atoms with van der Waals surface area (Å²) >= 11 is 0. The summed E-state index contributed by atoms with van der Waals surface area (Å²) in [7, 11) is 0. The first-order valence-corrected chi connectivity index (χ1v) is 8.18. The maximum atomic E-state index is 9.29. The lowest BCUT2D eigenvalue weighted by Gasteiger charge is -2.32. The van der Waals surface area contributed by atoms with E-state index in [4.69, 9.17) is 21.0 Å². The van der Waals surface area contributed by atoms with E-state index in [0.717, 1.165) is 17.1 Å². The summed E-state index contributed by atoms with van der Waals surface area (Å²) in [4.78, 5) is 0. The molecule has 134 valence electrons. The Morgan fingerprint density at radius 3 is 1.73 bits per heavy atom. The van der Waals surface area contributed by atoms with Gasteiger partial charge in [-0.15, -0.1) is 0 Å². The van der Waals surface area contributed by atoms with Gasteiger partial charge in [0.15, 0.2) is 5.57 Å². The van der Waals surface area contributed by atoms with Gasteiger partial charge in [0, 0.05) is 10.8 Å². The lowest BCUT2D eigenvalue weighted by molar-refractivity contribution is 0.161. The van der Waals surface area contributed by atoms with Crippen molar-refractivity contribution in [3.63, 3.8) is 0 Å². The molecule has 0 fully saturated rings. The summed E-state index contributed by atoms with van der Waals surface area (Å²) in [5, 5.41) is 27.1. The molecule has 0 amide bonds. The van der Waals surface area contributed by atoms with Crippen molar-refractivity contribution >= 4 is 0 Å². The van der Waals surface area contributed by atoms with Gasteiger partial charge in [-0.25, -0.2) is 0 Å². The Bertz CT molecular complexity index is 813. The highest BCUT2D eigenvalue weighted by atomic mass is 16.5. The second-order valence-electron chi connectivity index (χ2n) is 7.99. The third-order valence-corrected chi connectivity index (χ3v) is 3.64. The number of rotatable bonds is 2. The summed E-state index contributed by atoms with van der Waals surface area (Å²) in [5.74, 6) is 1.64. The molecule has 5 nitrogen and oxygen atoms in total. The van der Waals surface area contributed by atoms with Crippen LogP contribution in [-0.2, 0) is 4.74 Å². The molecule has 1 aliphatic heterocycles. The van der Waals surface area contributed by atoms with Gasteiger partial charge in [-0.05, 0) is 23.8 Å². The second-order valence-corrected chi connectivity index (χ2v) is 7.99. The van der Waals surface area contributed by atoms with Crippen LogP contribution in [-0.4, -0.2) is 0 Å². The van der Waals surface area contributed by atoms with E-state index in [0.29, 0.717) is 0 Å². The van der Waals surface area contributed by atoms with Crippen LogP contribution in [0.1, 0.15) is 41.5 Å². The largest absolute Gasteiger partial charge is 0.465 e. The molecular formula is C21H24N4O. The van der Waals surface area contributed by atoms with Crippen LogP contribution in [0.3, 0.4) is 0 Å². The predicted molar refractivity (Wildman–Crippen MR) is 100 cm³/mol. The fourth-order valence-corrected chi connectivity index (χ4v) is 2.00. The molecule has 2 N–H and O–H groups in total. The van der Waals surface area contributed by atoms with E-state index in [1.807, 2.05) is 18.2 Å². The number of nitrogens with two attached hydrogens (primary N) is 1. The molecule has 1 heterocycles. The zero-order chi connectivity index (χ0) is 20.1. The Morgan fingerprint density at radius 1 is 0.923 bits per heavy atom. The highest BCUT2D eigenvalue weighted by molar-refractivity contribution is 5.54. The van der Waals surface area contributed by atoms with Crippen molar-refractivity contribution in [2.24, 2.45) is 16.6 Å². The van der Waals surface area contributed by atoms with Crippen LogP contribution >= 0.6 is 0 Å². The van der Waals surface area contributed by atoms with Crippen molar-refractivity contribution in [3.05, 3.63) is 58.2 Å². The van der Waals surface area contributed by atoms with Crippen LogP contribution in [0.4, 0.5) is 0 Å². The zero-order valence-corrected chi connectivity index (χ0v) is 16.1. The topological polar surface area (TPSA) is 107 Å². The van der Waals surface area contributed by atoms with Gasteiger partial charge in [0.1, 0.15) is 29.7 Å². The van der Waals surface area contributed by atoms with Crippen molar-refractivity contribution in [3.8, 4) is 18.2 Å². The molecule has 0 spiro atoms. The average molecular weight is 348 g/mol. The van der Waals surface area contributed by atoms with E-state index in [2.05, 4.69) is 41.5 Å². The minimum atomic E-state index is -0.278. The maximum Gasteiger partial charge on any atom is 0.153 e. The third-order valence-electron chi connectivity index (χ3n) is 3.64. The second kappa shape index (κ2) is 7.77. The van der Waals surface area contributed by atoms with Crippen molar-refractivity contribution < 1.29 is 4.74 Å². The molecule has 0 aromatic rings. The van der Waals surface area contributed by atoms with E-state index < -0.39 is 0 Å². The normalized spacial score (nSPS) is 14.7. The van der Waals surface area contributed by atoms with Crippen LogP contribution in [0, 0.1) is 44.8 Å². The zero-order valence-electron chi connectivity index (χ0n) is 16.1. The minimum Gasteiger partial charge on any atom is -0.465 e. The number of ether oxygens (including phenoxy) is 1. The Hall–Kier alpha value is -3.23. The fourth-order valence-electron chi connectivity index (χ4n) is 2.00. The standard InChI is InChI=1S/C21H24N4O/c1-20(2,3)17-9-14(10-18(26-17)21(4,5)6)7-8-15(11-22)19(25)16(12-23)13-24/h7-10H,25H2,1-6H3/b15-8+. The monoisotopic (exact) mass is 348 g/mol. The lowest BCUT2D eigenvalue weighted by atomic mass is 9.87. The number of nitrogens with zero attached hydrogens (tertiary/aromatic N) is 3. The van der Waals surface area contributed by atoms with Crippen LogP contribution < -0.4 is 5.73 Å². The Kier molecular flexibility index (Phi) is 6.22. The number of hydrogen-bond acceptors (Lipinski definition) is 5. The first-order valence-electron chi connectivity index (χ1n) is 8.18. The third kappa shape index (κ3) is 5.13. The molecule has 0 aromatic heterocycles. The molecule has 0 atom stereocenters. The van der Waals surface area contributed by atoms with Gasteiger partial charge in [0.05, 0.1) is 11.3 Å². The number of nitriles is 3. The van der Waals surface area contributed by atoms with Crippen molar-refractivity contribution in [1.29, 1.82) is 15.8 Å². The molecule has 0 aliphatic carbocycles. The number of hydrogen-bond donors (Lipinski definition) is 1. The predicted octanol–water partition coefficient (Wildman–Crippen LogP) is 4.51. The number of allylic oxidation sites excluding steroid dienone is 9. The van der Waals surface area contributed by atoms with Gasteiger partial charge >= 0.3 is 0 Å². The average Bonchev–Trinajstić information content (AvgIpc) is 2.54. The summed E-state index contributed by atoms with van der Waals surface area (Å²) < 4.78 is 6.07. The summed E-state index contributed by atoms with van der Waals surface area (Å²) in [6.45, 7) is 12.4. The maximum absolute atomic E-state index is 9.29. The van der Waals surface area contributed by atoms with Crippen molar-refractivity contribution in [2.75, 3.05) is 0 Å². The molecule has 0 saturated heterocycles. The molecule has 0 radical (unpaired) electrons. The Morgan fingerprint density at radius 2 is 1.38 bits per heavy atom. The minimum absolute atomic E-state index is 0.0681. The summed E-state index contributed by atoms with van der Waals surface area (Å²) in [6, 6.07) is 5.32. The van der Waals surface area contributed by atoms with Crippen LogP contribution in [0.25, 0.3) is 0 Å². The Labute approximate surface area is 155 Å². The molecule has 26 heavy (non-hydrogen) atoms. The molecule has 0 saturated carbocycles. The van der Waals surface area contributed by atoms with Gasteiger partial charge < -0.3 is 10.5 Å². The smallest absolute Gasteiger partial charge is 0.153 e. The quantitative estimate of drug-likeness (QED) is 0.583. The van der Waals surface area contributed by atoms with E-state index in [1.54, 1.807) is 18.2 Å². The SMILES string of the molecule is CC(C)(C)C1=CC(=C/C=C(\C#N)C(N)=C(C#N)C#N)C=C(C(C)(C)C)O1. The Balaban J connectivity index is 3.48. The van der Waals surface area contributed by atoms with Crippen LogP contribution in [0.15, 0.2) is 58.2 Å². The fraction of sp³-hybridized carbons (Fsp3) is 0.381. The lowest BCUT2D eigenvalue weighted by Crippen LogP contribution is -2.21. The van der Waals surface area contributed by atoms with Gasteiger partial charge in [-0.2, -0.15) is 15.8 Å². The van der Waals surface area contributed by atoms with E-state index in [-0.39, 0.29) is 27.7 Å². The van der Waals surface area contributed by atoms with E-state index in [9.17, 15) is 5.26 Å². The van der Waals surface area contributed by atoms with Gasteiger partial charge in [-0.3, -0.25) is 0 Å². The molecule has 1 aliphatic rings. The van der Waals surface area contributed by atoms with Crippen LogP contribution in [0.5, 0.6) is 0 Å². The van der Waals surface area contributed by atoms with E-state index in [1.165, 1.54) is 6.08 Å². The van der Waals surface area contributed by atoms with Crippen molar-refractivity contribution in [1.82, 2.24) is 0 Å². The first kappa shape index (κ1) is 20.8. The van der Waals surface area contributed by atoms with Gasteiger partial charge in [-0.1, -0.05) is 47.6 Å². The molecular weight excluding hydrogens is 324 g/mol. The molecule has 0 unspecified atom stereocenters. The van der Waals surface area contributed by atoms with Gasteiger partial charge in [0.2, 0.25) is 0 Å². The van der Waals surface area contributed by atoms with E-state index >= 15 is 0 Å².